The molecular weight excluding hydrogens is 330 g/mol. The smallest absolute Gasteiger partial charge is 0.0577 e. The number of aliphatic hydroxyl groups excluding tert-OH is 1. The highest BCUT2D eigenvalue weighted by molar-refractivity contribution is 5.72. The molecule has 5 rings (SSSR count). The molecule has 1 aromatic heterocycles. The minimum Gasteiger partial charge on any atom is -0.393 e. The molecule has 6 atom stereocenters. The number of hydrogen-bond acceptors (Lipinski definition) is 2. The first-order chi connectivity index (χ1) is 12.9. The molecular formula is C25H33NO. The molecule has 1 heterocycles. The molecule has 2 unspecified atom stereocenters. The van der Waals surface area contributed by atoms with Crippen LogP contribution in [0.1, 0.15) is 71.3 Å². The normalized spacial score (nSPS) is 46.0. The van der Waals surface area contributed by atoms with E-state index in [1.54, 1.807) is 11.1 Å². The summed E-state index contributed by atoms with van der Waals surface area (Å²) in [7, 11) is 0. The molecule has 4 aliphatic rings. The standard InChI is InChI=1S/C25H33NO/c1-23-12-9-19(27)15-18(23)8-11-25(3)21-7-6-20(17-5-4-14-26-16-17)24(21,2)13-10-22(23)25/h4-6,8,14,16,19,21-22,27H,7,9-13,15H2,1-3H3/t19?,21-,22-,23+,24-,25?/m1/s1. The molecule has 0 radical (unpaired) electrons. The maximum absolute atomic E-state index is 10.2. The van der Waals surface area contributed by atoms with Gasteiger partial charge in [0.15, 0.2) is 0 Å². The number of nitrogens with zero attached hydrogens (tertiary/aromatic N) is 1. The first-order valence-corrected chi connectivity index (χ1v) is 10.9. The topological polar surface area (TPSA) is 33.1 Å². The van der Waals surface area contributed by atoms with Crippen molar-refractivity contribution in [2.75, 3.05) is 0 Å². The van der Waals surface area contributed by atoms with E-state index in [1.165, 1.54) is 31.2 Å². The molecule has 0 amide bonds. The molecule has 1 N–H and O–H groups in total. The van der Waals surface area contributed by atoms with Gasteiger partial charge in [0.2, 0.25) is 0 Å². The summed E-state index contributed by atoms with van der Waals surface area (Å²) in [6, 6.07) is 4.31. The Kier molecular flexibility index (Phi) is 3.79. The van der Waals surface area contributed by atoms with E-state index in [9.17, 15) is 5.11 Å². The highest BCUT2D eigenvalue weighted by atomic mass is 16.3. The van der Waals surface area contributed by atoms with Crippen LogP contribution in [0.25, 0.3) is 5.57 Å². The fraction of sp³-hybridized carbons (Fsp3) is 0.640. The first-order valence-electron chi connectivity index (χ1n) is 10.9. The highest BCUT2D eigenvalue weighted by Gasteiger charge is 2.62. The SMILES string of the molecule is CC12CC=C3CC(O)CC[C@]3(C)[C@H]1CC[C@]1(C)C(c3cccnc3)=CC[C@@H]21. The number of hydrogen-bond donors (Lipinski definition) is 1. The van der Waals surface area contributed by atoms with Gasteiger partial charge in [-0.2, -0.15) is 0 Å². The van der Waals surface area contributed by atoms with Gasteiger partial charge in [-0.3, -0.25) is 4.98 Å². The maximum atomic E-state index is 10.2. The van der Waals surface area contributed by atoms with Crippen LogP contribution in [-0.4, -0.2) is 16.2 Å². The second kappa shape index (κ2) is 5.80. The second-order valence-electron chi connectivity index (χ2n) is 10.4. The summed E-state index contributed by atoms with van der Waals surface area (Å²) >= 11 is 0. The fourth-order valence-corrected chi connectivity index (χ4v) is 7.81. The first kappa shape index (κ1) is 17.7. The Labute approximate surface area is 163 Å². The summed E-state index contributed by atoms with van der Waals surface area (Å²) in [6.07, 6.45) is 16.9. The third kappa shape index (κ3) is 2.32. The predicted molar refractivity (Wildman–Crippen MR) is 110 cm³/mol. The zero-order valence-corrected chi connectivity index (χ0v) is 17.0. The van der Waals surface area contributed by atoms with E-state index in [0.717, 1.165) is 25.2 Å². The van der Waals surface area contributed by atoms with Crippen LogP contribution in [0.5, 0.6) is 0 Å². The van der Waals surface area contributed by atoms with Crippen LogP contribution in [0.3, 0.4) is 0 Å². The third-order valence-electron chi connectivity index (χ3n) is 9.20. The van der Waals surface area contributed by atoms with Gasteiger partial charge in [-0.15, -0.1) is 0 Å². The van der Waals surface area contributed by atoms with Gasteiger partial charge in [-0.25, -0.2) is 0 Å². The van der Waals surface area contributed by atoms with Crippen LogP contribution in [0, 0.1) is 28.1 Å². The highest BCUT2D eigenvalue weighted by Crippen LogP contribution is 2.71. The molecule has 0 spiro atoms. The van der Waals surface area contributed by atoms with Gasteiger partial charge in [0.05, 0.1) is 6.10 Å². The largest absolute Gasteiger partial charge is 0.393 e. The van der Waals surface area contributed by atoms with Crippen LogP contribution in [0.15, 0.2) is 42.3 Å². The zero-order chi connectivity index (χ0) is 18.9. The summed E-state index contributed by atoms with van der Waals surface area (Å²) in [4.78, 5) is 4.39. The third-order valence-corrected chi connectivity index (χ3v) is 9.20. The average molecular weight is 364 g/mol. The van der Waals surface area contributed by atoms with Crippen molar-refractivity contribution in [2.24, 2.45) is 28.1 Å². The minimum atomic E-state index is -0.118. The molecule has 0 saturated heterocycles. The number of pyridine rings is 1. The van der Waals surface area contributed by atoms with Crippen molar-refractivity contribution in [3.8, 4) is 0 Å². The lowest BCUT2D eigenvalue weighted by Crippen LogP contribution is -2.55. The molecule has 2 saturated carbocycles. The monoisotopic (exact) mass is 363 g/mol. The molecule has 27 heavy (non-hydrogen) atoms. The Morgan fingerprint density at radius 1 is 1.04 bits per heavy atom. The van der Waals surface area contributed by atoms with Crippen LogP contribution in [0.2, 0.25) is 0 Å². The van der Waals surface area contributed by atoms with Crippen molar-refractivity contribution in [1.29, 1.82) is 0 Å². The summed E-state index contributed by atoms with van der Waals surface area (Å²) in [5.74, 6) is 1.46. The molecule has 2 nitrogen and oxygen atoms in total. The van der Waals surface area contributed by atoms with Crippen molar-refractivity contribution in [2.45, 2.75) is 71.8 Å². The van der Waals surface area contributed by atoms with Gasteiger partial charge in [0, 0.05) is 12.4 Å². The molecule has 1 aromatic rings. The van der Waals surface area contributed by atoms with Crippen molar-refractivity contribution in [3.05, 3.63) is 47.8 Å². The van der Waals surface area contributed by atoms with E-state index in [2.05, 4.69) is 56.2 Å². The summed E-state index contributed by atoms with van der Waals surface area (Å²) < 4.78 is 0. The molecule has 0 aromatic carbocycles. The molecule has 4 aliphatic carbocycles. The Balaban J connectivity index is 1.53. The van der Waals surface area contributed by atoms with Gasteiger partial charge in [0.25, 0.3) is 0 Å². The van der Waals surface area contributed by atoms with E-state index in [0.29, 0.717) is 16.7 Å². The number of allylic oxidation sites excluding steroid dienone is 3. The molecule has 144 valence electrons. The van der Waals surface area contributed by atoms with Crippen LogP contribution >= 0.6 is 0 Å². The zero-order valence-electron chi connectivity index (χ0n) is 17.0. The lowest BCUT2D eigenvalue weighted by molar-refractivity contribution is -0.0876. The Hall–Kier alpha value is -1.41. The number of rotatable bonds is 1. The van der Waals surface area contributed by atoms with E-state index in [1.807, 2.05) is 6.20 Å². The van der Waals surface area contributed by atoms with Gasteiger partial charge in [-0.1, -0.05) is 44.6 Å². The Morgan fingerprint density at radius 3 is 2.63 bits per heavy atom. The van der Waals surface area contributed by atoms with Crippen molar-refractivity contribution in [1.82, 2.24) is 4.98 Å². The average Bonchev–Trinajstić information content (AvgIpc) is 3.02. The van der Waals surface area contributed by atoms with Crippen LogP contribution < -0.4 is 0 Å². The lowest BCUT2D eigenvalue weighted by Gasteiger charge is -2.63. The number of fused-ring (bicyclic) bond motifs is 5. The fourth-order valence-electron chi connectivity index (χ4n) is 7.81. The molecule has 0 bridgehead atoms. The van der Waals surface area contributed by atoms with Crippen LogP contribution in [-0.2, 0) is 0 Å². The second-order valence-corrected chi connectivity index (χ2v) is 10.4. The van der Waals surface area contributed by atoms with Crippen LogP contribution in [0.4, 0.5) is 0 Å². The summed E-state index contributed by atoms with van der Waals surface area (Å²) in [6.45, 7) is 7.63. The Morgan fingerprint density at radius 2 is 1.85 bits per heavy atom. The quantitative estimate of drug-likeness (QED) is 0.641. The summed E-state index contributed by atoms with van der Waals surface area (Å²) in [5, 5.41) is 10.2. The van der Waals surface area contributed by atoms with Gasteiger partial charge >= 0.3 is 0 Å². The van der Waals surface area contributed by atoms with Gasteiger partial charge < -0.3 is 5.11 Å². The van der Waals surface area contributed by atoms with Gasteiger partial charge in [0.1, 0.15) is 0 Å². The molecule has 2 fully saturated rings. The predicted octanol–water partition coefficient (Wildman–Crippen LogP) is 5.79. The summed E-state index contributed by atoms with van der Waals surface area (Å²) in [5.41, 5.74) is 5.34. The van der Waals surface area contributed by atoms with E-state index < -0.39 is 0 Å². The lowest BCUT2D eigenvalue weighted by atomic mass is 9.41. The van der Waals surface area contributed by atoms with Crippen molar-refractivity contribution >= 4 is 5.57 Å². The Bertz CT molecular complexity index is 811. The maximum Gasteiger partial charge on any atom is 0.0577 e. The molecule has 2 heteroatoms. The molecule has 0 aliphatic heterocycles. The van der Waals surface area contributed by atoms with E-state index in [-0.39, 0.29) is 11.5 Å². The van der Waals surface area contributed by atoms with Crippen molar-refractivity contribution < 1.29 is 5.11 Å². The van der Waals surface area contributed by atoms with E-state index >= 15 is 0 Å². The number of aromatic nitrogens is 1. The minimum absolute atomic E-state index is 0.118. The van der Waals surface area contributed by atoms with E-state index in [4.69, 9.17) is 0 Å². The van der Waals surface area contributed by atoms with Crippen molar-refractivity contribution in [3.63, 3.8) is 0 Å². The van der Waals surface area contributed by atoms with Gasteiger partial charge in [-0.05, 0) is 90.2 Å². The number of aliphatic hydroxyl groups is 1.